The molecule has 2 aromatic heterocycles. The monoisotopic (exact) mass is 379 g/mol. The zero-order valence-electron chi connectivity index (χ0n) is 16.3. The van der Waals surface area contributed by atoms with E-state index in [4.69, 9.17) is 4.52 Å². The van der Waals surface area contributed by atoms with Crippen LogP contribution >= 0.6 is 0 Å². The first-order valence-electron chi connectivity index (χ1n) is 9.93. The molecule has 28 heavy (non-hydrogen) atoms. The molecule has 7 heteroatoms. The largest absolute Gasteiger partial charge is 0.361 e. The van der Waals surface area contributed by atoms with Crippen molar-refractivity contribution in [2.45, 2.75) is 52.1 Å². The zero-order valence-corrected chi connectivity index (χ0v) is 16.3. The molecule has 0 bridgehead atoms. The number of hydrogen-bond acceptors (Lipinski definition) is 6. The molecule has 1 atom stereocenters. The second-order valence-electron chi connectivity index (χ2n) is 7.02. The van der Waals surface area contributed by atoms with Crippen LogP contribution in [0.3, 0.4) is 0 Å². The van der Waals surface area contributed by atoms with Crippen LogP contribution < -0.4 is 10.2 Å². The van der Waals surface area contributed by atoms with Gasteiger partial charge in [0.05, 0.1) is 11.2 Å². The first-order valence-corrected chi connectivity index (χ1v) is 9.93. The van der Waals surface area contributed by atoms with Gasteiger partial charge >= 0.3 is 0 Å². The SMILES string of the molecule is CCc1noc(CC)c1CNC(=O)[C@H]1CCCN1c1ncnc2ccccc12. The maximum atomic E-state index is 13.0. The third-order valence-corrected chi connectivity index (χ3v) is 5.40. The lowest BCUT2D eigenvalue weighted by Gasteiger charge is -2.25. The van der Waals surface area contributed by atoms with Gasteiger partial charge < -0.3 is 14.7 Å². The van der Waals surface area contributed by atoms with Crippen LogP contribution in [0, 0.1) is 0 Å². The predicted molar refractivity (Wildman–Crippen MR) is 107 cm³/mol. The maximum Gasteiger partial charge on any atom is 0.243 e. The van der Waals surface area contributed by atoms with E-state index in [0.717, 1.165) is 66.0 Å². The summed E-state index contributed by atoms with van der Waals surface area (Å²) < 4.78 is 5.40. The van der Waals surface area contributed by atoms with Crippen molar-refractivity contribution >= 4 is 22.6 Å². The van der Waals surface area contributed by atoms with E-state index < -0.39 is 0 Å². The summed E-state index contributed by atoms with van der Waals surface area (Å²) in [5, 5.41) is 8.20. The number of amides is 1. The molecule has 1 amide bonds. The second kappa shape index (κ2) is 7.96. The van der Waals surface area contributed by atoms with Gasteiger partial charge in [-0.1, -0.05) is 31.1 Å². The molecular weight excluding hydrogens is 354 g/mol. The molecule has 1 aliphatic rings. The number of hydrogen-bond donors (Lipinski definition) is 1. The van der Waals surface area contributed by atoms with Crippen molar-refractivity contribution in [3.05, 3.63) is 47.6 Å². The average Bonchev–Trinajstić information content (AvgIpc) is 3.38. The molecule has 1 N–H and O–H groups in total. The fraction of sp³-hybridized carbons (Fsp3) is 0.429. The summed E-state index contributed by atoms with van der Waals surface area (Å²) in [7, 11) is 0. The van der Waals surface area contributed by atoms with E-state index in [1.165, 1.54) is 0 Å². The molecular formula is C21H25N5O2. The highest BCUT2D eigenvalue weighted by Crippen LogP contribution is 2.29. The Labute approximate surface area is 164 Å². The maximum absolute atomic E-state index is 13.0. The van der Waals surface area contributed by atoms with Crippen LogP contribution in [0.4, 0.5) is 5.82 Å². The minimum absolute atomic E-state index is 0.0190. The summed E-state index contributed by atoms with van der Waals surface area (Å²) in [6.07, 6.45) is 4.90. The molecule has 0 saturated carbocycles. The van der Waals surface area contributed by atoms with Gasteiger partial charge in [-0.3, -0.25) is 4.79 Å². The molecule has 1 aromatic carbocycles. The van der Waals surface area contributed by atoms with E-state index in [1.54, 1.807) is 6.33 Å². The average molecular weight is 379 g/mol. The first-order chi connectivity index (χ1) is 13.7. The van der Waals surface area contributed by atoms with Gasteiger partial charge in [0, 0.05) is 30.5 Å². The third-order valence-electron chi connectivity index (χ3n) is 5.40. The molecule has 1 fully saturated rings. The molecule has 1 saturated heterocycles. The highest BCUT2D eigenvalue weighted by molar-refractivity contribution is 5.93. The number of benzene rings is 1. The Balaban J connectivity index is 1.54. The molecule has 7 nitrogen and oxygen atoms in total. The van der Waals surface area contributed by atoms with Gasteiger partial charge in [0.2, 0.25) is 5.91 Å². The number of carbonyl (C=O) groups excluding carboxylic acids is 1. The number of fused-ring (bicyclic) bond motifs is 1. The van der Waals surface area contributed by atoms with Crippen molar-refractivity contribution in [3.63, 3.8) is 0 Å². The normalized spacial score (nSPS) is 16.6. The molecule has 3 heterocycles. The van der Waals surface area contributed by atoms with E-state index >= 15 is 0 Å². The quantitative estimate of drug-likeness (QED) is 0.709. The van der Waals surface area contributed by atoms with E-state index in [1.807, 2.05) is 38.1 Å². The van der Waals surface area contributed by atoms with Gasteiger partial charge in [-0.2, -0.15) is 0 Å². The number of nitrogens with zero attached hydrogens (tertiary/aromatic N) is 4. The predicted octanol–water partition coefficient (Wildman–Crippen LogP) is 3.03. The lowest BCUT2D eigenvalue weighted by atomic mass is 10.1. The van der Waals surface area contributed by atoms with Gasteiger partial charge in [0.15, 0.2) is 0 Å². The van der Waals surface area contributed by atoms with Gasteiger partial charge in [-0.25, -0.2) is 9.97 Å². The molecule has 0 radical (unpaired) electrons. The number of aryl methyl sites for hydroxylation is 2. The molecule has 0 spiro atoms. The van der Waals surface area contributed by atoms with E-state index in [2.05, 4.69) is 25.3 Å². The molecule has 146 valence electrons. The first kappa shape index (κ1) is 18.4. The van der Waals surface area contributed by atoms with Crippen molar-refractivity contribution in [2.24, 2.45) is 0 Å². The van der Waals surface area contributed by atoms with Crippen LogP contribution in [0.5, 0.6) is 0 Å². The van der Waals surface area contributed by atoms with Crippen LogP contribution in [0.25, 0.3) is 10.9 Å². The second-order valence-corrected chi connectivity index (χ2v) is 7.02. The van der Waals surface area contributed by atoms with E-state index in [0.29, 0.717) is 6.54 Å². The number of aromatic nitrogens is 3. The lowest BCUT2D eigenvalue weighted by Crippen LogP contribution is -2.43. The summed E-state index contributed by atoms with van der Waals surface area (Å²) >= 11 is 0. The molecule has 4 rings (SSSR count). The summed E-state index contributed by atoms with van der Waals surface area (Å²) in [5.74, 6) is 1.70. The molecule has 0 unspecified atom stereocenters. The third kappa shape index (κ3) is 3.32. The Bertz CT molecular complexity index is 957. The Hall–Kier alpha value is -2.96. The van der Waals surface area contributed by atoms with Gasteiger partial charge in [0.25, 0.3) is 0 Å². The van der Waals surface area contributed by atoms with Crippen molar-refractivity contribution in [1.29, 1.82) is 0 Å². The number of nitrogens with one attached hydrogen (secondary N) is 1. The smallest absolute Gasteiger partial charge is 0.243 e. The minimum atomic E-state index is -0.228. The Morgan fingerprint density at radius 3 is 2.93 bits per heavy atom. The van der Waals surface area contributed by atoms with Crippen molar-refractivity contribution < 1.29 is 9.32 Å². The Morgan fingerprint density at radius 2 is 2.11 bits per heavy atom. The number of anilines is 1. The lowest BCUT2D eigenvalue weighted by molar-refractivity contribution is -0.122. The summed E-state index contributed by atoms with van der Waals surface area (Å²) in [6, 6.07) is 7.69. The number of para-hydroxylation sites is 1. The van der Waals surface area contributed by atoms with E-state index in [-0.39, 0.29) is 11.9 Å². The van der Waals surface area contributed by atoms with Crippen molar-refractivity contribution in [1.82, 2.24) is 20.4 Å². The van der Waals surface area contributed by atoms with Gasteiger partial charge in [-0.05, 0) is 31.4 Å². The molecule has 3 aromatic rings. The highest BCUT2D eigenvalue weighted by atomic mass is 16.5. The highest BCUT2D eigenvalue weighted by Gasteiger charge is 2.32. The van der Waals surface area contributed by atoms with Crippen LogP contribution in [0.1, 0.15) is 43.7 Å². The summed E-state index contributed by atoms with van der Waals surface area (Å²) in [4.78, 5) is 23.9. The number of carbonyl (C=O) groups is 1. The van der Waals surface area contributed by atoms with Crippen LogP contribution in [0.15, 0.2) is 35.1 Å². The summed E-state index contributed by atoms with van der Waals surface area (Å²) in [5.41, 5.74) is 2.82. The van der Waals surface area contributed by atoms with Crippen LogP contribution in [-0.2, 0) is 24.2 Å². The fourth-order valence-corrected chi connectivity index (χ4v) is 3.94. The molecule has 1 aliphatic heterocycles. The van der Waals surface area contributed by atoms with Crippen molar-refractivity contribution in [2.75, 3.05) is 11.4 Å². The Morgan fingerprint density at radius 1 is 1.25 bits per heavy atom. The standard InChI is InChI=1S/C21H25N5O2/c1-3-16-15(19(4-2)28-25-16)12-22-21(27)18-10-7-11-26(18)20-14-8-5-6-9-17(14)23-13-24-20/h5-6,8-9,13,18H,3-4,7,10-12H2,1-2H3,(H,22,27)/t18-/m1/s1. The van der Waals surface area contributed by atoms with Gasteiger partial charge in [0.1, 0.15) is 23.9 Å². The van der Waals surface area contributed by atoms with Crippen molar-refractivity contribution in [3.8, 4) is 0 Å². The van der Waals surface area contributed by atoms with Crippen LogP contribution in [0.2, 0.25) is 0 Å². The zero-order chi connectivity index (χ0) is 19.5. The van der Waals surface area contributed by atoms with Crippen LogP contribution in [-0.4, -0.2) is 33.6 Å². The minimum Gasteiger partial charge on any atom is -0.361 e. The fourth-order valence-electron chi connectivity index (χ4n) is 3.94. The Kier molecular flexibility index (Phi) is 5.23. The number of rotatable bonds is 6. The summed E-state index contributed by atoms with van der Waals surface area (Å²) in [6.45, 7) is 5.34. The van der Waals surface area contributed by atoms with Gasteiger partial charge in [-0.15, -0.1) is 0 Å². The van der Waals surface area contributed by atoms with E-state index in [9.17, 15) is 4.79 Å². The molecule has 0 aliphatic carbocycles. The topological polar surface area (TPSA) is 84.2 Å².